The molecule has 380 valence electrons. The highest BCUT2D eigenvalue weighted by Crippen LogP contribution is 2.53. The summed E-state index contributed by atoms with van der Waals surface area (Å²) in [6.45, 7) is 14.3. The molecule has 79 heavy (non-hydrogen) atoms. The van der Waals surface area contributed by atoms with Crippen molar-refractivity contribution in [3.8, 4) is 33.4 Å². The SMILES string of the molecule is Cc1ccc(N(c2ccc(C(C)C)cc2-c2ccccc2)c2ccc3c4cc5c(cc4n4c3c2-c2cccc(c2)C4)c2ccc(N(c3ccc(C)cc3)c3ccc(C(C)C)cc3-c3ccccc3)c3c4ccccc4n5c23)cc1. The van der Waals surface area contributed by atoms with E-state index < -0.39 is 0 Å². The van der Waals surface area contributed by atoms with Crippen LogP contribution in [0.3, 0.4) is 0 Å². The molecule has 3 aromatic heterocycles. The number of aryl methyl sites for hydroxylation is 2. The van der Waals surface area contributed by atoms with Crippen molar-refractivity contribution < 1.29 is 0 Å². The lowest BCUT2D eigenvalue weighted by Gasteiger charge is -2.31. The average molecular weight is 1020 g/mol. The maximum atomic E-state index is 2.63. The number of rotatable bonds is 10. The summed E-state index contributed by atoms with van der Waals surface area (Å²) in [5.74, 6) is 0.769. The summed E-state index contributed by atoms with van der Waals surface area (Å²) in [5.41, 5.74) is 26.8. The van der Waals surface area contributed by atoms with Crippen molar-refractivity contribution >= 4 is 94.0 Å². The van der Waals surface area contributed by atoms with Crippen LogP contribution in [0, 0.1) is 13.8 Å². The monoisotopic (exact) mass is 1020 g/mol. The lowest BCUT2D eigenvalue weighted by Crippen LogP contribution is -2.13. The van der Waals surface area contributed by atoms with Gasteiger partial charge in [-0.05, 0) is 144 Å². The third-order valence-corrected chi connectivity index (χ3v) is 17.1. The van der Waals surface area contributed by atoms with E-state index in [1.54, 1.807) is 0 Å². The van der Waals surface area contributed by atoms with Crippen LogP contribution < -0.4 is 9.80 Å². The Kier molecular flexibility index (Phi) is 10.7. The van der Waals surface area contributed by atoms with Crippen LogP contribution in [0.4, 0.5) is 34.1 Å². The highest BCUT2D eigenvalue weighted by molar-refractivity contribution is 6.30. The molecule has 0 saturated carbocycles. The van der Waals surface area contributed by atoms with E-state index in [2.05, 4.69) is 291 Å². The van der Waals surface area contributed by atoms with Gasteiger partial charge in [0.1, 0.15) is 0 Å². The van der Waals surface area contributed by atoms with Crippen LogP contribution in [-0.2, 0) is 6.54 Å². The van der Waals surface area contributed by atoms with Gasteiger partial charge in [-0.15, -0.1) is 0 Å². The minimum atomic E-state index is 0.383. The van der Waals surface area contributed by atoms with Crippen LogP contribution in [0.15, 0.2) is 231 Å². The number of benzene rings is 11. The molecule has 11 aromatic carbocycles. The molecule has 4 heterocycles. The number of hydrogen-bond acceptors (Lipinski definition) is 2. The first-order valence-corrected chi connectivity index (χ1v) is 28.1. The van der Waals surface area contributed by atoms with Gasteiger partial charge >= 0.3 is 0 Å². The highest BCUT2D eigenvalue weighted by Gasteiger charge is 2.30. The van der Waals surface area contributed by atoms with Gasteiger partial charge in [0.2, 0.25) is 0 Å². The fraction of sp³-hybridized carbons (Fsp3) is 0.120. The quantitative estimate of drug-likeness (QED) is 0.136. The third-order valence-electron chi connectivity index (χ3n) is 17.1. The minimum absolute atomic E-state index is 0.383. The van der Waals surface area contributed by atoms with Crippen molar-refractivity contribution in [1.82, 2.24) is 8.97 Å². The van der Waals surface area contributed by atoms with E-state index in [1.807, 2.05) is 0 Å². The Labute approximate surface area is 462 Å². The second-order valence-electron chi connectivity index (χ2n) is 22.7. The number of aromatic nitrogens is 2. The van der Waals surface area contributed by atoms with E-state index in [-0.39, 0.29) is 0 Å². The predicted molar refractivity (Wildman–Crippen MR) is 337 cm³/mol. The zero-order valence-corrected chi connectivity index (χ0v) is 45.6. The molecule has 0 unspecified atom stereocenters. The first-order valence-electron chi connectivity index (χ1n) is 28.1. The molecule has 4 nitrogen and oxygen atoms in total. The van der Waals surface area contributed by atoms with Gasteiger partial charge in [0.05, 0.1) is 50.3 Å². The van der Waals surface area contributed by atoms with Gasteiger partial charge < -0.3 is 18.8 Å². The molecule has 15 rings (SSSR count). The Bertz CT molecular complexity index is 4690. The van der Waals surface area contributed by atoms with Gasteiger partial charge in [0, 0.05) is 66.9 Å². The summed E-state index contributed by atoms with van der Waals surface area (Å²) in [5, 5.41) is 7.53. The van der Waals surface area contributed by atoms with E-state index in [0.717, 1.165) is 40.7 Å². The summed E-state index contributed by atoms with van der Waals surface area (Å²) in [7, 11) is 0. The Morgan fingerprint density at radius 2 is 0.873 bits per heavy atom. The third kappa shape index (κ3) is 7.35. The molecule has 0 aliphatic carbocycles. The predicted octanol–water partition coefficient (Wildman–Crippen LogP) is 21.1. The highest BCUT2D eigenvalue weighted by atomic mass is 15.2. The van der Waals surface area contributed by atoms with Crippen molar-refractivity contribution in [2.24, 2.45) is 0 Å². The molecule has 14 aromatic rings. The molecule has 1 aliphatic heterocycles. The Hall–Kier alpha value is -9.38. The molecule has 2 bridgehead atoms. The second-order valence-corrected chi connectivity index (χ2v) is 22.7. The van der Waals surface area contributed by atoms with Crippen LogP contribution in [0.25, 0.3) is 93.3 Å². The summed E-state index contributed by atoms with van der Waals surface area (Å²) in [6.07, 6.45) is 0. The lowest BCUT2D eigenvalue weighted by molar-refractivity contribution is 0.867. The molecule has 0 spiro atoms. The van der Waals surface area contributed by atoms with Gasteiger partial charge in [-0.25, -0.2) is 0 Å². The number of fused-ring (bicyclic) bond motifs is 12. The van der Waals surface area contributed by atoms with E-state index in [0.29, 0.717) is 11.8 Å². The number of hydrogen-bond donors (Lipinski definition) is 0. The number of nitrogens with zero attached hydrogens (tertiary/aromatic N) is 4. The zero-order chi connectivity index (χ0) is 53.2. The Morgan fingerprint density at radius 1 is 0.367 bits per heavy atom. The van der Waals surface area contributed by atoms with Crippen molar-refractivity contribution in [1.29, 1.82) is 0 Å². The lowest BCUT2D eigenvalue weighted by atomic mass is 9.93. The van der Waals surface area contributed by atoms with Crippen LogP contribution in [0.1, 0.15) is 67.3 Å². The van der Waals surface area contributed by atoms with Crippen molar-refractivity contribution in [2.45, 2.75) is 59.9 Å². The van der Waals surface area contributed by atoms with Crippen LogP contribution in [0.2, 0.25) is 0 Å². The smallest absolute Gasteiger partial charge is 0.0641 e. The Balaban J connectivity index is 1.00. The molecule has 0 atom stereocenters. The van der Waals surface area contributed by atoms with Gasteiger partial charge in [-0.3, -0.25) is 0 Å². The fourth-order valence-corrected chi connectivity index (χ4v) is 13.1. The average Bonchev–Trinajstić information content (AvgIpc) is 4.16. The second kappa shape index (κ2) is 18.1. The molecule has 0 saturated heterocycles. The summed E-state index contributed by atoms with van der Waals surface area (Å²) in [6, 6.07) is 87.2. The maximum absolute atomic E-state index is 2.63. The van der Waals surface area contributed by atoms with Gasteiger partial charge in [-0.2, -0.15) is 0 Å². The molecule has 0 fully saturated rings. The van der Waals surface area contributed by atoms with Gasteiger partial charge in [0.25, 0.3) is 0 Å². The van der Waals surface area contributed by atoms with E-state index in [1.165, 1.54) is 121 Å². The molecule has 0 amide bonds. The van der Waals surface area contributed by atoms with Crippen LogP contribution in [-0.4, -0.2) is 8.97 Å². The molecule has 0 N–H and O–H groups in total. The molecular formula is C75H60N4. The fourth-order valence-electron chi connectivity index (χ4n) is 13.1. The van der Waals surface area contributed by atoms with Gasteiger partial charge in [0.15, 0.2) is 0 Å². The first-order chi connectivity index (χ1) is 38.7. The van der Waals surface area contributed by atoms with Gasteiger partial charge in [-0.1, -0.05) is 184 Å². The normalized spacial score (nSPS) is 12.4. The van der Waals surface area contributed by atoms with Crippen LogP contribution >= 0.6 is 0 Å². The number of anilines is 6. The van der Waals surface area contributed by atoms with Crippen molar-refractivity contribution in [3.05, 3.63) is 258 Å². The minimum Gasteiger partial charge on any atom is -0.335 e. The largest absolute Gasteiger partial charge is 0.335 e. The first kappa shape index (κ1) is 46.9. The summed E-state index contributed by atoms with van der Waals surface area (Å²) >= 11 is 0. The Morgan fingerprint density at radius 3 is 1.48 bits per heavy atom. The van der Waals surface area contributed by atoms with E-state index >= 15 is 0 Å². The van der Waals surface area contributed by atoms with E-state index in [4.69, 9.17) is 0 Å². The standard InChI is InChI=1S/C75H60N4/c1-46(2)53-28-36-66(61(41-53)51-17-9-7-10-18-51)77(56-30-24-48(5)25-31-56)68-38-34-58-63-44-71-64(43-70(63)76-45-50-16-15-21-55(40-50)72(68)74(58)76)59-35-39-69(73-60-22-13-14-23-65(60)79(71)75(59)73)78(57-32-26-49(6)27-33-57)67-37-29-54(47(3)4)42-62(67)52-19-11-8-12-20-52/h7-44,46-47H,45H2,1-6H3. The van der Waals surface area contributed by atoms with E-state index in [9.17, 15) is 0 Å². The summed E-state index contributed by atoms with van der Waals surface area (Å²) in [4.78, 5) is 5.05. The molecule has 0 radical (unpaired) electrons. The van der Waals surface area contributed by atoms with Crippen molar-refractivity contribution in [2.75, 3.05) is 9.80 Å². The number of para-hydroxylation sites is 1. The summed E-state index contributed by atoms with van der Waals surface area (Å²) < 4.78 is 5.20. The van der Waals surface area contributed by atoms with Crippen LogP contribution in [0.5, 0.6) is 0 Å². The molecule has 1 aliphatic rings. The maximum Gasteiger partial charge on any atom is 0.0641 e. The van der Waals surface area contributed by atoms with Crippen molar-refractivity contribution in [3.63, 3.8) is 0 Å². The topological polar surface area (TPSA) is 15.8 Å². The molecule has 4 heteroatoms. The zero-order valence-electron chi connectivity index (χ0n) is 45.6. The molecular weight excluding hydrogens is 957 g/mol.